The molecule has 0 aliphatic carbocycles. The smallest absolute Gasteiger partial charge is 0.337 e. The molecule has 86 valence electrons. The van der Waals surface area contributed by atoms with Gasteiger partial charge in [0.25, 0.3) is 0 Å². The molecule has 0 spiro atoms. The largest absolute Gasteiger partial charge is 0.478 e. The second-order valence-electron chi connectivity index (χ2n) is 3.53. The maximum absolute atomic E-state index is 13.0. The van der Waals surface area contributed by atoms with Crippen LogP contribution < -0.4 is 0 Å². The molecule has 4 nitrogen and oxygen atoms in total. The van der Waals surface area contributed by atoms with E-state index >= 15 is 0 Å². The number of nitrogens with zero attached hydrogens (tertiary/aromatic N) is 2. The Morgan fingerprint density at radius 3 is 2.71 bits per heavy atom. The van der Waals surface area contributed by atoms with Crippen LogP contribution in [-0.2, 0) is 0 Å². The molecule has 0 aliphatic heterocycles. The lowest BCUT2D eigenvalue weighted by molar-refractivity contribution is 0.0695. The maximum atomic E-state index is 13.0. The molecule has 17 heavy (non-hydrogen) atoms. The van der Waals surface area contributed by atoms with Crippen molar-refractivity contribution in [2.45, 2.75) is 6.92 Å². The fourth-order valence-corrected chi connectivity index (χ4v) is 1.50. The molecule has 2 rings (SSSR count). The zero-order chi connectivity index (χ0) is 12.4. The Bertz CT molecular complexity index is 584. The van der Waals surface area contributed by atoms with Gasteiger partial charge in [-0.1, -0.05) is 0 Å². The van der Waals surface area contributed by atoms with Gasteiger partial charge in [-0.3, -0.25) is 9.97 Å². The first-order chi connectivity index (χ1) is 8.08. The highest BCUT2D eigenvalue weighted by molar-refractivity contribution is 5.89. The van der Waals surface area contributed by atoms with Crippen molar-refractivity contribution in [3.63, 3.8) is 0 Å². The molecule has 0 aromatic carbocycles. The summed E-state index contributed by atoms with van der Waals surface area (Å²) in [6, 6.07) is 4.28. The van der Waals surface area contributed by atoms with Crippen LogP contribution in [0.5, 0.6) is 0 Å². The van der Waals surface area contributed by atoms with Gasteiger partial charge in [-0.05, 0) is 25.1 Å². The van der Waals surface area contributed by atoms with E-state index in [4.69, 9.17) is 5.11 Å². The molecule has 0 saturated heterocycles. The Balaban J connectivity index is 2.48. The topological polar surface area (TPSA) is 63.1 Å². The van der Waals surface area contributed by atoms with Gasteiger partial charge in [0.1, 0.15) is 5.82 Å². The highest BCUT2D eigenvalue weighted by Gasteiger charge is 2.09. The predicted molar refractivity (Wildman–Crippen MR) is 59.1 cm³/mol. The normalized spacial score (nSPS) is 10.2. The van der Waals surface area contributed by atoms with E-state index in [9.17, 15) is 9.18 Å². The Kier molecular flexibility index (Phi) is 2.82. The van der Waals surface area contributed by atoms with E-state index in [0.29, 0.717) is 17.0 Å². The summed E-state index contributed by atoms with van der Waals surface area (Å²) in [6.45, 7) is 1.60. The molecule has 0 unspecified atom stereocenters. The van der Waals surface area contributed by atoms with Crippen molar-refractivity contribution < 1.29 is 14.3 Å². The van der Waals surface area contributed by atoms with Gasteiger partial charge >= 0.3 is 5.97 Å². The summed E-state index contributed by atoms with van der Waals surface area (Å²) in [5, 5.41) is 8.86. The Morgan fingerprint density at radius 2 is 2.12 bits per heavy atom. The Morgan fingerprint density at radius 1 is 1.35 bits per heavy atom. The van der Waals surface area contributed by atoms with Crippen LogP contribution in [0.2, 0.25) is 0 Å². The molecule has 0 atom stereocenters. The number of aromatic carboxylic acids is 1. The van der Waals surface area contributed by atoms with Gasteiger partial charge < -0.3 is 5.11 Å². The van der Waals surface area contributed by atoms with E-state index in [0.717, 1.165) is 6.20 Å². The summed E-state index contributed by atoms with van der Waals surface area (Å²) in [6.07, 6.45) is 2.58. The number of halogens is 1. The minimum absolute atomic E-state index is 0.137. The standard InChI is InChI=1S/C12H9FN2O2/c1-7-10(12(16)17)2-3-11(15-7)8-4-9(13)6-14-5-8/h2-6H,1H3,(H,16,17). The third kappa shape index (κ3) is 2.28. The molecule has 0 saturated carbocycles. The third-order valence-corrected chi connectivity index (χ3v) is 2.32. The molecule has 0 radical (unpaired) electrons. The molecule has 2 aromatic heterocycles. The van der Waals surface area contributed by atoms with Crippen molar-refractivity contribution >= 4 is 5.97 Å². The Labute approximate surface area is 96.8 Å². The molecular weight excluding hydrogens is 223 g/mol. The highest BCUT2D eigenvalue weighted by Crippen LogP contribution is 2.18. The summed E-state index contributed by atoms with van der Waals surface area (Å²) in [7, 11) is 0. The van der Waals surface area contributed by atoms with Crippen LogP contribution >= 0.6 is 0 Å². The van der Waals surface area contributed by atoms with Crippen LogP contribution in [0.25, 0.3) is 11.3 Å². The number of carbonyl (C=O) groups is 1. The lowest BCUT2D eigenvalue weighted by atomic mass is 10.1. The number of carboxylic acids is 1. The van der Waals surface area contributed by atoms with Crippen LogP contribution in [0.1, 0.15) is 16.1 Å². The van der Waals surface area contributed by atoms with Crippen molar-refractivity contribution in [3.8, 4) is 11.3 Å². The van der Waals surface area contributed by atoms with Crippen LogP contribution in [0.15, 0.2) is 30.6 Å². The van der Waals surface area contributed by atoms with E-state index in [1.54, 1.807) is 6.92 Å². The van der Waals surface area contributed by atoms with Crippen LogP contribution in [0.4, 0.5) is 4.39 Å². The lowest BCUT2D eigenvalue weighted by Gasteiger charge is -2.04. The molecule has 2 aromatic rings. The zero-order valence-electron chi connectivity index (χ0n) is 9.01. The number of aryl methyl sites for hydroxylation is 1. The lowest BCUT2D eigenvalue weighted by Crippen LogP contribution is -2.02. The summed E-state index contributed by atoms with van der Waals surface area (Å²) in [4.78, 5) is 18.6. The van der Waals surface area contributed by atoms with Crippen LogP contribution in [0.3, 0.4) is 0 Å². The number of hydrogen-bond acceptors (Lipinski definition) is 3. The quantitative estimate of drug-likeness (QED) is 0.862. The SMILES string of the molecule is Cc1nc(-c2cncc(F)c2)ccc1C(=O)O. The van der Waals surface area contributed by atoms with E-state index in [1.807, 2.05) is 0 Å². The van der Waals surface area contributed by atoms with E-state index < -0.39 is 11.8 Å². The molecule has 0 bridgehead atoms. The van der Waals surface area contributed by atoms with Crippen molar-refractivity contribution in [1.82, 2.24) is 9.97 Å². The molecule has 0 fully saturated rings. The number of pyridine rings is 2. The van der Waals surface area contributed by atoms with Gasteiger partial charge in [-0.15, -0.1) is 0 Å². The van der Waals surface area contributed by atoms with Gasteiger partial charge in [0.05, 0.1) is 23.1 Å². The van der Waals surface area contributed by atoms with Gasteiger partial charge in [-0.2, -0.15) is 0 Å². The van der Waals surface area contributed by atoms with Gasteiger partial charge in [0.2, 0.25) is 0 Å². The monoisotopic (exact) mass is 232 g/mol. The second kappa shape index (κ2) is 4.29. The summed E-state index contributed by atoms with van der Waals surface area (Å²) in [5.41, 5.74) is 1.54. The van der Waals surface area contributed by atoms with Crippen molar-refractivity contribution in [2.75, 3.05) is 0 Å². The van der Waals surface area contributed by atoms with Gasteiger partial charge in [0, 0.05) is 11.8 Å². The average Bonchev–Trinajstić information content (AvgIpc) is 2.28. The maximum Gasteiger partial charge on any atom is 0.337 e. The fraction of sp³-hybridized carbons (Fsp3) is 0.0833. The van der Waals surface area contributed by atoms with Gasteiger partial charge in [0.15, 0.2) is 0 Å². The number of carboxylic acid groups (broad SMARTS) is 1. The Hall–Kier alpha value is -2.30. The van der Waals surface area contributed by atoms with E-state index in [2.05, 4.69) is 9.97 Å². The van der Waals surface area contributed by atoms with E-state index in [-0.39, 0.29) is 5.56 Å². The first-order valence-corrected chi connectivity index (χ1v) is 4.90. The second-order valence-corrected chi connectivity index (χ2v) is 3.53. The molecule has 2 heterocycles. The minimum atomic E-state index is -1.03. The van der Waals surface area contributed by atoms with Crippen molar-refractivity contribution in [3.05, 3.63) is 47.7 Å². The molecule has 5 heteroatoms. The third-order valence-electron chi connectivity index (χ3n) is 2.32. The summed E-state index contributed by atoms with van der Waals surface area (Å²) in [5.74, 6) is -1.48. The van der Waals surface area contributed by atoms with Gasteiger partial charge in [-0.25, -0.2) is 9.18 Å². The number of hydrogen-bond donors (Lipinski definition) is 1. The zero-order valence-corrected chi connectivity index (χ0v) is 9.01. The van der Waals surface area contributed by atoms with Crippen LogP contribution in [-0.4, -0.2) is 21.0 Å². The first-order valence-electron chi connectivity index (χ1n) is 4.90. The molecule has 0 amide bonds. The van der Waals surface area contributed by atoms with Crippen molar-refractivity contribution in [2.24, 2.45) is 0 Å². The summed E-state index contributed by atoms with van der Waals surface area (Å²) < 4.78 is 13.0. The highest BCUT2D eigenvalue weighted by atomic mass is 19.1. The fourth-order valence-electron chi connectivity index (χ4n) is 1.50. The van der Waals surface area contributed by atoms with Crippen LogP contribution in [0, 0.1) is 12.7 Å². The average molecular weight is 232 g/mol. The number of aromatic nitrogens is 2. The minimum Gasteiger partial charge on any atom is -0.478 e. The van der Waals surface area contributed by atoms with Crippen molar-refractivity contribution in [1.29, 1.82) is 0 Å². The number of rotatable bonds is 2. The molecule has 1 N–H and O–H groups in total. The summed E-state index contributed by atoms with van der Waals surface area (Å²) >= 11 is 0. The predicted octanol–water partition coefficient (Wildman–Crippen LogP) is 2.29. The molecular formula is C12H9FN2O2. The van der Waals surface area contributed by atoms with E-state index in [1.165, 1.54) is 24.4 Å². The first kappa shape index (κ1) is 11.2. The molecule has 0 aliphatic rings.